The Morgan fingerprint density at radius 2 is 2.47 bits per heavy atom. The summed E-state index contributed by atoms with van der Waals surface area (Å²) in [4.78, 5) is 0. The van der Waals surface area contributed by atoms with Gasteiger partial charge in [0.1, 0.15) is 0 Å². The molecule has 1 aliphatic heterocycles. The van der Waals surface area contributed by atoms with Crippen LogP contribution in [0.3, 0.4) is 0 Å². The molecule has 2 heterocycles. The molecule has 1 fully saturated rings. The Hall–Kier alpha value is -0.870. The van der Waals surface area contributed by atoms with Gasteiger partial charge in [-0.05, 0) is 38.3 Å². The van der Waals surface area contributed by atoms with E-state index in [9.17, 15) is 5.11 Å². The van der Waals surface area contributed by atoms with Crippen LogP contribution in [0.15, 0.2) is 18.5 Å². The van der Waals surface area contributed by atoms with Crippen LogP contribution in [-0.4, -0.2) is 33.6 Å². The number of β-amino-alcohol motifs (C(OH)–C–C–N with tert-alkyl or cyclic N) is 1. The average Bonchev–Trinajstić information content (AvgIpc) is 2.71. The second kappa shape index (κ2) is 4.77. The fourth-order valence-electron chi connectivity index (χ4n) is 2.17. The predicted octanol–water partition coefficient (Wildman–Crippen LogP) is 0.778. The highest BCUT2D eigenvalue weighted by Gasteiger charge is 2.28. The van der Waals surface area contributed by atoms with Crippen LogP contribution in [-0.2, 0) is 6.54 Å². The van der Waals surface area contributed by atoms with Crippen LogP contribution in [0.2, 0.25) is 0 Å². The minimum atomic E-state index is -0.481. The van der Waals surface area contributed by atoms with E-state index in [1.165, 1.54) is 0 Å². The molecule has 1 atom stereocenters. The second-order valence-corrected chi connectivity index (χ2v) is 4.38. The van der Waals surface area contributed by atoms with Crippen molar-refractivity contribution in [2.45, 2.75) is 37.8 Å². The van der Waals surface area contributed by atoms with Crippen molar-refractivity contribution < 1.29 is 5.11 Å². The third-order valence-corrected chi connectivity index (χ3v) is 3.04. The fourth-order valence-corrected chi connectivity index (χ4v) is 2.17. The number of hydrogen-bond acceptors (Lipinski definition) is 3. The van der Waals surface area contributed by atoms with Gasteiger partial charge >= 0.3 is 0 Å². The Kier molecular flexibility index (Phi) is 3.38. The molecule has 84 valence electrons. The molecule has 0 saturated carbocycles. The number of aryl methyl sites for hydroxylation is 1. The van der Waals surface area contributed by atoms with Crippen molar-refractivity contribution in [3.8, 4) is 0 Å². The molecular formula is C11H19N3O. The lowest BCUT2D eigenvalue weighted by Crippen LogP contribution is -2.45. The monoisotopic (exact) mass is 209 g/mol. The molecule has 1 unspecified atom stereocenters. The molecule has 0 radical (unpaired) electrons. The molecule has 1 aromatic rings. The minimum absolute atomic E-state index is 0.481. The highest BCUT2D eigenvalue weighted by Crippen LogP contribution is 2.21. The van der Waals surface area contributed by atoms with E-state index in [0.29, 0.717) is 0 Å². The summed E-state index contributed by atoms with van der Waals surface area (Å²) in [5.41, 5.74) is -0.481. The summed E-state index contributed by atoms with van der Waals surface area (Å²) >= 11 is 0. The summed E-state index contributed by atoms with van der Waals surface area (Å²) in [6.45, 7) is 2.68. The zero-order valence-electron chi connectivity index (χ0n) is 9.02. The van der Waals surface area contributed by atoms with Crippen LogP contribution >= 0.6 is 0 Å². The molecule has 4 heteroatoms. The molecule has 1 aliphatic rings. The number of hydrogen-bond donors (Lipinski definition) is 2. The summed E-state index contributed by atoms with van der Waals surface area (Å²) in [7, 11) is 0. The van der Waals surface area contributed by atoms with Crippen LogP contribution in [0.5, 0.6) is 0 Å². The smallest absolute Gasteiger partial charge is 0.0772 e. The van der Waals surface area contributed by atoms with Gasteiger partial charge in [0, 0.05) is 25.5 Å². The van der Waals surface area contributed by atoms with E-state index in [-0.39, 0.29) is 0 Å². The normalized spacial score (nSPS) is 26.7. The molecule has 2 N–H and O–H groups in total. The standard InChI is InChI=1S/C11H19N3O/c15-11(4-1-6-12-10-11)5-2-8-14-9-3-7-13-14/h3,7,9,12,15H,1-2,4-6,8,10H2. The Morgan fingerprint density at radius 1 is 1.53 bits per heavy atom. The van der Waals surface area contributed by atoms with Gasteiger partial charge in [-0.2, -0.15) is 5.10 Å². The quantitative estimate of drug-likeness (QED) is 0.770. The van der Waals surface area contributed by atoms with Gasteiger partial charge in [-0.3, -0.25) is 4.68 Å². The van der Waals surface area contributed by atoms with Gasteiger partial charge in [0.15, 0.2) is 0 Å². The maximum absolute atomic E-state index is 10.2. The van der Waals surface area contributed by atoms with E-state index >= 15 is 0 Å². The predicted molar refractivity (Wildman–Crippen MR) is 58.5 cm³/mol. The first-order valence-corrected chi connectivity index (χ1v) is 5.69. The third kappa shape index (κ3) is 3.04. The van der Waals surface area contributed by atoms with Crippen molar-refractivity contribution in [3.63, 3.8) is 0 Å². The van der Waals surface area contributed by atoms with Gasteiger partial charge in [0.2, 0.25) is 0 Å². The van der Waals surface area contributed by atoms with E-state index in [1.807, 2.05) is 16.9 Å². The van der Waals surface area contributed by atoms with Crippen LogP contribution in [0.1, 0.15) is 25.7 Å². The van der Waals surface area contributed by atoms with Crippen molar-refractivity contribution in [1.29, 1.82) is 0 Å². The molecule has 0 spiro atoms. The molecule has 4 nitrogen and oxygen atoms in total. The topological polar surface area (TPSA) is 50.1 Å². The highest BCUT2D eigenvalue weighted by atomic mass is 16.3. The molecule has 2 rings (SSSR count). The van der Waals surface area contributed by atoms with Crippen molar-refractivity contribution in [2.24, 2.45) is 0 Å². The Balaban J connectivity index is 1.72. The van der Waals surface area contributed by atoms with E-state index in [0.717, 1.165) is 45.3 Å². The van der Waals surface area contributed by atoms with Crippen LogP contribution in [0.25, 0.3) is 0 Å². The van der Waals surface area contributed by atoms with Crippen LogP contribution in [0.4, 0.5) is 0 Å². The lowest BCUT2D eigenvalue weighted by molar-refractivity contribution is 0.00577. The minimum Gasteiger partial charge on any atom is -0.389 e. The largest absolute Gasteiger partial charge is 0.389 e. The van der Waals surface area contributed by atoms with Crippen LogP contribution < -0.4 is 5.32 Å². The van der Waals surface area contributed by atoms with Crippen molar-refractivity contribution in [3.05, 3.63) is 18.5 Å². The average molecular weight is 209 g/mol. The van der Waals surface area contributed by atoms with Gasteiger partial charge in [-0.25, -0.2) is 0 Å². The number of nitrogens with zero attached hydrogens (tertiary/aromatic N) is 2. The van der Waals surface area contributed by atoms with Crippen molar-refractivity contribution in [1.82, 2.24) is 15.1 Å². The fraction of sp³-hybridized carbons (Fsp3) is 0.727. The molecule has 0 aliphatic carbocycles. The Bertz CT molecular complexity index is 278. The summed E-state index contributed by atoms with van der Waals surface area (Å²) in [6.07, 6.45) is 7.61. The number of aromatic nitrogens is 2. The third-order valence-electron chi connectivity index (χ3n) is 3.04. The lowest BCUT2D eigenvalue weighted by Gasteiger charge is -2.32. The van der Waals surface area contributed by atoms with Gasteiger partial charge in [0.25, 0.3) is 0 Å². The number of piperidine rings is 1. The van der Waals surface area contributed by atoms with E-state index < -0.39 is 5.60 Å². The van der Waals surface area contributed by atoms with E-state index in [1.54, 1.807) is 6.20 Å². The zero-order valence-corrected chi connectivity index (χ0v) is 9.02. The van der Waals surface area contributed by atoms with Gasteiger partial charge in [-0.1, -0.05) is 0 Å². The zero-order chi connectivity index (χ0) is 10.6. The lowest BCUT2D eigenvalue weighted by atomic mass is 9.89. The number of nitrogens with one attached hydrogen (secondary N) is 1. The summed E-state index contributed by atoms with van der Waals surface area (Å²) < 4.78 is 1.92. The maximum atomic E-state index is 10.2. The first kappa shape index (κ1) is 10.6. The van der Waals surface area contributed by atoms with Crippen molar-refractivity contribution in [2.75, 3.05) is 13.1 Å². The van der Waals surface area contributed by atoms with Crippen LogP contribution in [0, 0.1) is 0 Å². The maximum Gasteiger partial charge on any atom is 0.0772 e. The number of rotatable bonds is 4. The summed E-state index contributed by atoms with van der Waals surface area (Å²) in [6, 6.07) is 1.93. The molecule has 15 heavy (non-hydrogen) atoms. The first-order valence-electron chi connectivity index (χ1n) is 5.69. The van der Waals surface area contributed by atoms with E-state index in [4.69, 9.17) is 0 Å². The van der Waals surface area contributed by atoms with Gasteiger partial charge in [0.05, 0.1) is 5.60 Å². The molecule has 0 bridgehead atoms. The Morgan fingerprint density at radius 3 is 3.13 bits per heavy atom. The van der Waals surface area contributed by atoms with Gasteiger partial charge in [-0.15, -0.1) is 0 Å². The summed E-state index contributed by atoms with van der Waals surface area (Å²) in [5.74, 6) is 0. The molecule has 1 aromatic heterocycles. The van der Waals surface area contributed by atoms with E-state index in [2.05, 4.69) is 10.4 Å². The summed E-state index contributed by atoms with van der Waals surface area (Å²) in [5, 5.41) is 17.6. The Labute approximate surface area is 90.3 Å². The van der Waals surface area contributed by atoms with Gasteiger partial charge < -0.3 is 10.4 Å². The number of aliphatic hydroxyl groups is 1. The molecule has 0 amide bonds. The van der Waals surface area contributed by atoms with Crippen molar-refractivity contribution >= 4 is 0 Å². The molecule has 1 saturated heterocycles. The molecule has 0 aromatic carbocycles. The molecular weight excluding hydrogens is 190 g/mol. The first-order chi connectivity index (χ1) is 7.29. The highest BCUT2D eigenvalue weighted by molar-refractivity contribution is 4.85. The SMILES string of the molecule is OC1(CCCn2cccn2)CCCNC1. The second-order valence-electron chi connectivity index (χ2n) is 4.38.